The van der Waals surface area contributed by atoms with Crippen molar-refractivity contribution in [3.63, 3.8) is 0 Å². The summed E-state index contributed by atoms with van der Waals surface area (Å²) in [6.07, 6.45) is -4.62. The monoisotopic (exact) mass is 331 g/mol. The highest BCUT2D eigenvalue weighted by molar-refractivity contribution is 5.68. The van der Waals surface area contributed by atoms with Gasteiger partial charge in [-0.15, -0.1) is 13.2 Å². The van der Waals surface area contributed by atoms with Crippen LogP contribution in [0.25, 0.3) is 0 Å². The molecule has 1 heterocycles. The average Bonchev–Trinajstić information content (AvgIpc) is 2.85. The minimum atomic E-state index is -4.74. The lowest BCUT2D eigenvalue weighted by Gasteiger charge is -2.24. The number of alkyl halides is 3. The first-order valence-electron chi connectivity index (χ1n) is 7.38. The third-order valence-electron chi connectivity index (χ3n) is 3.42. The zero-order chi connectivity index (χ0) is 17.3. The molecule has 7 heteroatoms. The summed E-state index contributed by atoms with van der Waals surface area (Å²) in [7, 11) is 0. The summed E-state index contributed by atoms with van der Waals surface area (Å²) in [6, 6.07) is 6.04. The molecule has 0 N–H and O–H groups in total. The Morgan fingerprint density at radius 2 is 1.87 bits per heavy atom. The van der Waals surface area contributed by atoms with Gasteiger partial charge in [-0.3, -0.25) is 0 Å². The van der Waals surface area contributed by atoms with Crippen LogP contribution in [0, 0.1) is 0 Å². The molecule has 0 aromatic heterocycles. The summed E-state index contributed by atoms with van der Waals surface area (Å²) in [6.45, 7) is 6.06. The minimum Gasteiger partial charge on any atom is -0.444 e. The molecule has 1 saturated heterocycles. The largest absolute Gasteiger partial charge is 0.573 e. The summed E-state index contributed by atoms with van der Waals surface area (Å²) >= 11 is 0. The van der Waals surface area contributed by atoms with Crippen molar-refractivity contribution in [1.82, 2.24) is 4.90 Å². The zero-order valence-electron chi connectivity index (χ0n) is 13.3. The summed E-state index contributed by atoms with van der Waals surface area (Å²) < 4.78 is 46.9. The van der Waals surface area contributed by atoms with E-state index in [1.54, 1.807) is 32.9 Å². The molecule has 0 aliphatic carbocycles. The molecule has 0 radical (unpaired) electrons. The topological polar surface area (TPSA) is 38.8 Å². The summed E-state index contributed by atoms with van der Waals surface area (Å²) in [5, 5.41) is 0. The van der Waals surface area contributed by atoms with Crippen LogP contribution in [-0.4, -0.2) is 36.0 Å². The quantitative estimate of drug-likeness (QED) is 0.810. The van der Waals surface area contributed by atoms with Crippen molar-refractivity contribution in [3.8, 4) is 5.75 Å². The molecular weight excluding hydrogens is 311 g/mol. The number of ether oxygens (including phenoxy) is 2. The maximum atomic E-state index is 12.5. The van der Waals surface area contributed by atoms with Gasteiger partial charge in [0.25, 0.3) is 0 Å². The molecule has 0 bridgehead atoms. The van der Waals surface area contributed by atoms with Crippen LogP contribution >= 0.6 is 0 Å². The first kappa shape index (κ1) is 17.4. The maximum absolute atomic E-state index is 12.5. The Bertz CT molecular complexity index is 566. The van der Waals surface area contributed by atoms with Crippen LogP contribution < -0.4 is 4.74 Å². The van der Waals surface area contributed by atoms with Gasteiger partial charge in [0.05, 0.1) is 0 Å². The molecular formula is C16H20F3NO3. The van der Waals surface area contributed by atoms with Crippen LogP contribution in [-0.2, 0) is 4.74 Å². The predicted molar refractivity (Wildman–Crippen MR) is 78.3 cm³/mol. The average molecular weight is 331 g/mol. The van der Waals surface area contributed by atoms with Crippen LogP contribution in [0.3, 0.4) is 0 Å². The molecule has 1 atom stereocenters. The van der Waals surface area contributed by atoms with E-state index >= 15 is 0 Å². The van der Waals surface area contributed by atoms with Crippen molar-refractivity contribution in [2.45, 2.75) is 45.1 Å². The summed E-state index contributed by atoms with van der Waals surface area (Å²) in [4.78, 5) is 13.6. The van der Waals surface area contributed by atoms with Gasteiger partial charge in [-0.2, -0.15) is 0 Å². The second kappa shape index (κ2) is 6.29. The van der Waals surface area contributed by atoms with E-state index in [4.69, 9.17) is 4.74 Å². The van der Waals surface area contributed by atoms with Gasteiger partial charge in [0.1, 0.15) is 11.4 Å². The maximum Gasteiger partial charge on any atom is 0.573 e. The molecule has 1 unspecified atom stereocenters. The van der Waals surface area contributed by atoms with Gasteiger partial charge in [0, 0.05) is 19.0 Å². The summed E-state index contributed by atoms with van der Waals surface area (Å²) in [5.74, 6) is -0.419. The first-order chi connectivity index (χ1) is 10.6. The molecule has 1 aliphatic rings. The van der Waals surface area contributed by atoms with E-state index in [0.717, 1.165) is 0 Å². The number of benzene rings is 1. The molecule has 1 aromatic carbocycles. The van der Waals surface area contributed by atoms with E-state index in [2.05, 4.69) is 4.74 Å². The van der Waals surface area contributed by atoms with Crippen LogP contribution in [0.4, 0.5) is 18.0 Å². The number of hydrogen-bond donors (Lipinski definition) is 0. The molecule has 1 aromatic rings. The highest BCUT2D eigenvalue weighted by atomic mass is 19.4. The third-order valence-corrected chi connectivity index (χ3v) is 3.42. The van der Waals surface area contributed by atoms with Crippen LogP contribution in [0.15, 0.2) is 24.3 Å². The highest BCUT2D eigenvalue weighted by Crippen LogP contribution is 2.36. The van der Waals surface area contributed by atoms with Gasteiger partial charge in [-0.25, -0.2) is 4.79 Å². The molecule has 0 spiro atoms. The molecule has 2 rings (SSSR count). The number of para-hydroxylation sites is 1. The predicted octanol–water partition coefficient (Wildman–Crippen LogP) is 4.31. The lowest BCUT2D eigenvalue weighted by Crippen LogP contribution is -2.35. The molecule has 1 aliphatic heterocycles. The Labute approximate surface area is 133 Å². The van der Waals surface area contributed by atoms with E-state index in [1.807, 2.05) is 0 Å². The second-order valence-corrected chi connectivity index (χ2v) is 6.50. The smallest absolute Gasteiger partial charge is 0.444 e. The Balaban J connectivity index is 2.09. The van der Waals surface area contributed by atoms with Gasteiger partial charge < -0.3 is 14.4 Å². The fourth-order valence-electron chi connectivity index (χ4n) is 2.54. The molecule has 1 amide bonds. The van der Waals surface area contributed by atoms with Crippen molar-refractivity contribution in [3.05, 3.63) is 29.8 Å². The lowest BCUT2D eigenvalue weighted by atomic mass is 9.97. The molecule has 23 heavy (non-hydrogen) atoms. The van der Waals surface area contributed by atoms with Gasteiger partial charge in [0.2, 0.25) is 0 Å². The Morgan fingerprint density at radius 1 is 1.22 bits per heavy atom. The van der Waals surface area contributed by atoms with Crippen molar-refractivity contribution >= 4 is 6.09 Å². The van der Waals surface area contributed by atoms with Gasteiger partial charge in [-0.1, -0.05) is 18.2 Å². The number of carbonyl (C=O) groups excluding carboxylic acids is 1. The Morgan fingerprint density at radius 3 is 2.48 bits per heavy atom. The molecule has 128 valence electrons. The SMILES string of the molecule is CC(C)(C)OC(=O)N1CCC(c2ccccc2OC(F)(F)F)C1. The van der Waals surface area contributed by atoms with Crippen LogP contribution in [0.5, 0.6) is 5.75 Å². The minimum absolute atomic E-state index is 0.207. The van der Waals surface area contributed by atoms with Crippen molar-refractivity contribution in [2.24, 2.45) is 0 Å². The van der Waals surface area contributed by atoms with E-state index in [0.29, 0.717) is 25.1 Å². The Kier molecular flexibility index (Phi) is 4.77. The number of hydrogen-bond acceptors (Lipinski definition) is 3. The normalized spacial score (nSPS) is 18.9. The van der Waals surface area contributed by atoms with Crippen molar-refractivity contribution in [2.75, 3.05) is 13.1 Å². The Hall–Kier alpha value is -1.92. The molecule has 0 saturated carbocycles. The van der Waals surface area contributed by atoms with Gasteiger partial charge >= 0.3 is 12.5 Å². The molecule has 1 fully saturated rings. The molecule has 4 nitrogen and oxygen atoms in total. The fourth-order valence-corrected chi connectivity index (χ4v) is 2.54. The highest BCUT2D eigenvalue weighted by Gasteiger charge is 2.35. The van der Waals surface area contributed by atoms with E-state index < -0.39 is 18.1 Å². The van der Waals surface area contributed by atoms with Crippen LogP contribution in [0.1, 0.15) is 38.7 Å². The standard InChI is InChI=1S/C16H20F3NO3/c1-15(2,3)23-14(21)20-9-8-11(10-20)12-6-4-5-7-13(12)22-16(17,18)19/h4-7,11H,8-10H2,1-3H3. The number of rotatable bonds is 2. The van der Waals surface area contributed by atoms with E-state index in [-0.39, 0.29) is 11.7 Å². The van der Waals surface area contributed by atoms with Gasteiger partial charge in [0.15, 0.2) is 0 Å². The van der Waals surface area contributed by atoms with Crippen molar-refractivity contribution in [1.29, 1.82) is 0 Å². The number of likely N-dealkylation sites (tertiary alicyclic amines) is 1. The lowest BCUT2D eigenvalue weighted by molar-refractivity contribution is -0.275. The third kappa shape index (κ3) is 5.04. The van der Waals surface area contributed by atoms with E-state index in [9.17, 15) is 18.0 Å². The number of halogens is 3. The van der Waals surface area contributed by atoms with Gasteiger partial charge in [-0.05, 0) is 38.8 Å². The van der Waals surface area contributed by atoms with E-state index in [1.165, 1.54) is 17.0 Å². The van der Waals surface area contributed by atoms with Crippen molar-refractivity contribution < 1.29 is 27.4 Å². The van der Waals surface area contributed by atoms with Crippen LogP contribution in [0.2, 0.25) is 0 Å². The first-order valence-corrected chi connectivity index (χ1v) is 7.38. The number of amides is 1. The zero-order valence-corrected chi connectivity index (χ0v) is 13.3. The number of carbonyl (C=O) groups is 1. The summed E-state index contributed by atoms with van der Waals surface area (Å²) in [5.41, 5.74) is -0.150. The fraction of sp³-hybridized carbons (Fsp3) is 0.562. The number of nitrogens with zero attached hydrogens (tertiary/aromatic N) is 1. The second-order valence-electron chi connectivity index (χ2n) is 6.50.